The lowest BCUT2D eigenvalue weighted by Gasteiger charge is -1.95. The van der Waals surface area contributed by atoms with E-state index in [0.29, 0.717) is 5.56 Å². The number of hydrogen-bond acceptors (Lipinski definition) is 2. The predicted molar refractivity (Wildman–Crippen MR) is 94.5 cm³/mol. The standard InChI is InChI=1S/C8H15N.C6H6FN.2C2H6/c1-6(2)8(5)9-7(3)4;1-5-2-3-8-4-6(5)7;2*1-2/h1-5H3;2-4H,1H3;2*1-2H3. The fourth-order valence-electron chi connectivity index (χ4n) is 0.892. The van der Waals surface area contributed by atoms with Gasteiger partial charge in [-0.05, 0) is 53.2 Å². The average Bonchev–Trinajstić information content (AvgIpc) is 2.46. The normalized spacial score (nSPS) is 7.76. The highest BCUT2D eigenvalue weighted by Gasteiger charge is 1.90. The quantitative estimate of drug-likeness (QED) is 0.553. The van der Waals surface area contributed by atoms with Gasteiger partial charge in [-0.15, -0.1) is 0 Å². The van der Waals surface area contributed by atoms with Gasteiger partial charge in [0.15, 0.2) is 0 Å². The zero-order chi connectivity index (χ0) is 17.4. The molecule has 21 heavy (non-hydrogen) atoms. The van der Waals surface area contributed by atoms with E-state index in [2.05, 4.69) is 23.8 Å². The summed E-state index contributed by atoms with van der Waals surface area (Å²) >= 11 is 0. The number of hydrogen-bond donors (Lipinski definition) is 0. The third-order valence-corrected chi connectivity index (χ3v) is 2.09. The number of rotatable bonds is 1. The molecule has 0 aromatic carbocycles. The zero-order valence-corrected chi connectivity index (χ0v) is 15.5. The molecule has 0 N–H and O–H groups in total. The third kappa shape index (κ3) is 16.4. The lowest BCUT2D eigenvalue weighted by atomic mass is 10.3. The van der Waals surface area contributed by atoms with E-state index in [0.717, 1.165) is 11.4 Å². The monoisotopic (exact) mass is 296 g/mol. The first-order valence-corrected chi connectivity index (χ1v) is 7.56. The van der Waals surface area contributed by atoms with Gasteiger partial charge in [0, 0.05) is 17.6 Å². The van der Waals surface area contributed by atoms with Crippen LogP contribution in [-0.2, 0) is 0 Å². The summed E-state index contributed by atoms with van der Waals surface area (Å²) in [7, 11) is 0. The van der Waals surface area contributed by atoms with Gasteiger partial charge in [0.05, 0.1) is 6.20 Å². The predicted octanol–water partition coefficient (Wildman–Crippen LogP) is 6.36. The molecule has 0 saturated carbocycles. The Balaban J connectivity index is -0.000000250. The van der Waals surface area contributed by atoms with Crippen LogP contribution in [0.5, 0.6) is 0 Å². The van der Waals surface area contributed by atoms with Crippen molar-refractivity contribution in [2.75, 3.05) is 0 Å². The van der Waals surface area contributed by atoms with E-state index in [1.54, 1.807) is 19.2 Å². The van der Waals surface area contributed by atoms with E-state index in [1.807, 2.05) is 48.5 Å². The first-order chi connectivity index (χ1) is 9.84. The molecule has 0 amide bonds. The van der Waals surface area contributed by atoms with Crippen LogP contribution >= 0.6 is 0 Å². The Labute approximate surface area is 131 Å². The summed E-state index contributed by atoms with van der Waals surface area (Å²) in [6.07, 6.45) is 2.77. The van der Waals surface area contributed by atoms with Crippen LogP contribution in [0.4, 0.5) is 4.39 Å². The maximum absolute atomic E-state index is 12.3. The van der Waals surface area contributed by atoms with E-state index in [4.69, 9.17) is 0 Å². The minimum atomic E-state index is -0.243. The van der Waals surface area contributed by atoms with E-state index in [1.165, 1.54) is 11.8 Å². The fourth-order valence-corrected chi connectivity index (χ4v) is 0.892. The van der Waals surface area contributed by atoms with Crippen molar-refractivity contribution in [2.24, 2.45) is 4.99 Å². The molecule has 1 rings (SSSR count). The van der Waals surface area contributed by atoms with Gasteiger partial charge >= 0.3 is 0 Å². The van der Waals surface area contributed by atoms with Crippen molar-refractivity contribution in [2.45, 2.75) is 69.2 Å². The molecule has 0 atom stereocenters. The molecule has 0 aliphatic rings. The van der Waals surface area contributed by atoms with Crippen molar-refractivity contribution >= 4 is 5.71 Å². The van der Waals surface area contributed by atoms with E-state index in [-0.39, 0.29) is 5.82 Å². The fraction of sp³-hybridized carbons (Fsp3) is 0.556. The summed E-state index contributed by atoms with van der Waals surface area (Å²) in [6, 6.07) is 1.63. The van der Waals surface area contributed by atoms with Gasteiger partial charge in [-0.1, -0.05) is 33.3 Å². The van der Waals surface area contributed by atoms with Crippen LogP contribution in [0, 0.1) is 12.7 Å². The third-order valence-electron chi connectivity index (χ3n) is 2.09. The highest BCUT2D eigenvalue weighted by Crippen LogP contribution is 2.02. The zero-order valence-electron chi connectivity index (χ0n) is 15.5. The van der Waals surface area contributed by atoms with E-state index >= 15 is 0 Å². The molecule has 0 fully saturated rings. The Morgan fingerprint density at radius 2 is 1.48 bits per heavy atom. The number of pyridine rings is 1. The second-order valence-electron chi connectivity index (χ2n) is 4.27. The number of aromatic nitrogens is 1. The first kappa shape index (κ1) is 24.5. The van der Waals surface area contributed by atoms with Gasteiger partial charge in [0.2, 0.25) is 0 Å². The molecule has 0 saturated heterocycles. The molecule has 0 bridgehead atoms. The molecule has 1 aromatic heterocycles. The largest absolute Gasteiger partial charge is 0.263 e. The summed E-state index contributed by atoms with van der Waals surface area (Å²) in [5, 5.41) is 0. The van der Waals surface area contributed by atoms with Gasteiger partial charge in [-0.25, -0.2) is 4.39 Å². The minimum Gasteiger partial charge on any atom is -0.263 e. The number of allylic oxidation sites excluding steroid dienone is 2. The molecule has 3 heteroatoms. The minimum absolute atomic E-state index is 0.243. The molecule has 0 aliphatic heterocycles. The Hall–Kier alpha value is -1.51. The number of aryl methyl sites for hydroxylation is 1. The van der Waals surface area contributed by atoms with Crippen molar-refractivity contribution in [1.29, 1.82) is 0 Å². The average molecular weight is 296 g/mol. The lowest BCUT2D eigenvalue weighted by molar-refractivity contribution is 0.612. The number of nitrogens with zero attached hydrogens (tertiary/aromatic N) is 2. The molecular weight excluding hydrogens is 263 g/mol. The SMILES string of the molecule is CC.CC.CC(C)=NC(C)=C(C)C.Cc1ccncc1F. The molecule has 122 valence electrons. The smallest absolute Gasteiger partial charge is 0.144 e. The van der Waals surface area contributed by atoms with Gasteiger partial charge in [-0.3, -0.25) is 9.98 Å². The van der Waals surface area contributed by atoms with Crippen LogP contribution in [0.25, 0.3) is 0 Å². The van der Waals surface area contributed by atoms with Crippen LogP contribution in [-0.4, -0.2) is 10.7 Å². The van der Waals surface area contributed by atoms with Crippen LogP contribution in [0.15, 0.2) is 34.7 Å². The van der Waals surface area contributed by atoms with Crippen molar-refractivity contribution in [1.82, 2.24) is 4.98 Å². The highest BCUT2D eigenvalue weighted by molar-refractivity contribution is 5.80. The van der Waals surface area contributed by atoms with E-state index < -0.39 is 0 Å². The summed E-state index contributed by atoms with van der Waals surface area (Å²) in [5.41, 5.74) is 4.18. The van der Waals surface area contributed by atoms with Crippen molar-refractivity contribution in [3.8, 4) is 0 Å². The molecule has 0 aliphatic carbocycles. The Morgan fingerprint density at radius 1 is 1.00 bits per heavy atom. The first-order valence-electron chi connectivity index (χ1n) is 7.56. The van der Waals surface area contributed by atoms with Crippen LogP contribution in [0.1, 0.15) is 67.9 Å². The highest BCUT2D eigenvalue weighted by atomic mass is 19.1. The second-order valence-corrected chi connectivity index (χ2v) is 4.27. The number of aliphatic imine (C=N–C) groups is 1. The second kappa shape index (κ2) is 16.5. The Bertz CT molecular complexity index is 392. The maximum atomic E-state index is 12.3. The molecule has 1 heterocycles. The summed E-state index contributed by atoms with van der Waals surface area (Å²) in [6.45, 7) is 19.9. The molecule has 1 aromatic rings. The maximum Gasteiger partial charge on any atom is 0.144 e. The van der Waals surface area contributed by atoms with E-state index in [9.17, 15) is 4.39 Å². The Kier molecular flexibility index (Phi) is 19.3. The van der Waals surface area contributed by atoms with Crippen molar-refractivity contribution in [3.63, 3.8) is 0 Å². The molecule has 2 nitrogen and oxygen atoms in total. The van der Waals surface area contributed by atoms with Gasteiger partial charge in [-0.2, -0.15) is 0 Å². The topological polar surface area (TPSA) is 25.2 Å². The van der Waals surface area contributed by atoms with Crippen LogP contribution in [0.2, 0.25) is 0 Å². The van der Waals surface area contributed by atoms with Crippen molar-refractivity contribution < 1.29 is 4.39 Å². The van der Waals surface area contributed by atoms with Crippen molar-refractivity contribution in [3.05, 3.63) is 41.1 Å². The lowest BCUT2D eigenvalue weighted by Crippen LogP contribution is -1.82. The number of halogens is 1. The molecule has 0 radical (unpaired) electrons. The van der Waals surface area contributed by atoms with Gasteiger partial charge in [0.1, 0.15) is 5.82 Å². The van der Waals surface area contributed by atoms with Crippen LogP contribution < -0.4 is 0 Å². The Morgan fingerprint density at radius 3 is 1.67 bits per heavy atom. The van der Waals surface area contributed by atoms with Gasteiger partial charge < -0.3 is 0 Å². The summed E-state index contributed by atoms with van der Waals surface area (Å²) in [5.74, 6) is -0.243. The molecule has 0 spiro atoms. The summed E-state index contributed by atoms with van der Waals surface area (Å²) in [4.78, 5) is 7.84. The summed E-state index contributed by atoms with van der Waals surface area (Å²) < 4.78 is 12.3. The molecule has 0 unspecified atom stereocenters. The molecular formula is C18H33FN2. The van der Waals surface area contributed by atoms with Crippen LogP contribution in [0.3, 0.4) is 0 Å². The van der Waals surface area contributed by atoms with Gasteiger partial charge in [0.25, 0.3) is 0 Å².